The van der Waals surface area contributed by atoms with Crippen LogP contribution in [0, 0.1) is 11.8 Å². The molecule has 4 nitrogen and oxygen atoms in total. The van der Waals surface area contributed by atoms with Gasteiger partial charge >= 0.3 is 0 Å². The molecular weight excluding hydrogens is 1370 g/mol. The summed E-state index contributed by atoms with van der Waals surface area (Å²) in [5, 5.41) is 10.1. The van der Waals surface area contributed by atoms with Gasteiger partial charge in [0.2, 0.25) is 0 Å². The van der Waals surface area contributed by atoms with E-state index in [0.717, 1.165) is 46.8 Å². The molecular formula is C98H124N2O2S4. The molecule has 10 aromatic rings. The highest BCUT2D eigenvalue weighted by atomic mass is 32.1. The zero-order chi connectivity index (χ0) is 73.1. The van der Waals surface area contributed by atoms with Gasteiger partial charge < -0.3 is 9.80 Å². The van der Waals surface area contributed by atoms with Gasteiger partial charge in [-0.25, -0.2) is 0 Å². The number of hydrogen-bond acceptors (Lipinski definition) is 6. The number of thiophene rings is 4. The number of fused-ring (bicyclic) bond motifs is 5. The van der Waals surface area contributed by atoms with E-state index in [1.807, 2.05) is 22.7 Å². The number of hydrogen-bond donors (Lipinski definition) is 0. The Bertz CT molecular complexity index is 4060. The van der Waals surface area contributed by atoms with E-state index in [2.05, 4.69) is 195 Å². The van der Waals surface area contributed by atoms with Gasteiger partial charge in [0.1, 0.15) is 0 Å². The fourth-order valence-electron chi connectivity index (χ4n) is 17.4. The molecule has 2 unspecified atom stereocenters. The predicted molar refractivity (Wildman–Crippen MR) is 468 cm³/mol. The minimum Gasteiger partial charge on any atom is -0.306 e. The van der Waals surface area contributed by atoms with Crippen molar-refractivity contribution in [2.24, 2.45) is 11.8 Å². The minimum absolute atomic E-state index is 0.0292. The quantitative estimate of drug-likeness (QED) is 0.0282. The zero-order valence-electron chi connectivity index (χ0n) is 65.2. The lowest BCUT2D eigenvalue weighted by Crippen LogP contribution is -2.34. The Kier molecular flexibility index (Phi) is 31.3. The lowest BCUT2D eigenvalue weighted by molar-refractivity contribution is -0.124. The van der Waals surface area contributed by atoms with Crippen molar-refractivity contribution >= 4 is 112 Å². The molecule has 0 spiro atoms. The van der Waals surface area contributed by atoms with Crippen LogP contribution in [0.15, 0.2) is 169 Å². The SMILES string of the molecule is CCCCCCCCCCCCC(CCCCCCCCCC)CN1C(=O)C2=C(c3ccc(-c4ccc(-c5c6ccccc6cc6ccccc56)s4)s3)N(CC(CCCCCCCCCC)CCCCCCCCCCCC)C(=O)C2=C1c1ccc(-c2ccc(-c3c4ccccc4cc4ccccc34)s2)s1. The molecule has 0 saturated carbocycles. The van der Waals surface area contributed by atoms with Gasteiger partial charge in [0.25, 0.3) is 11.8 Å². The Morgan fingerprint density at radius 2 is 0.472 bits per heavy atom. The van der Waals surface area contributed by atoms with Gasteiger partial charge in [-0.3, -0.25) is 9.59 Å². The van der Waals surface area contributed by atoms with Crippen molar-refractivity contribution in [1.82, 2.24) is 9.80 Å². The number of amides is 2. The van der Waals surface area contributed by atoms with E-state index >= 15 is 9.59 Å². The number of carbonyl (C=O) groups excluding carboxylic acids is 2. The summed E-state index contributed by atoms with van der Waals surface area (Å²) in [7, 11) is 0. The largest absolute Gasteiger partial charge is 0.306 e. The number of carbonyl (C=O) groups is 2. The molecule has 0 radical (unpaired) electrons. The third kappa shape index (κ3) is 20.7. The molecule has 2 atom stereocenters. The summed E-state index contributed by atoms with van der Waals surface area (Å²) >= 11 is 7.28. The first kappa shape index (κ1) is 79.1. The Balaban J connectivity index is 0.926. The van der Waals surface area contributed by atoms with Crippen LogP contribution in [-0.2, 0) is 9.59 Å². The molecule has 562 valence electrons. The average Bonchev–Trinajstić information content (AvgIpc) is 1.56. The van der Waals surface area contributed by atoms with Crippen LogP contribution in [0.2, 0.25) is 0 Å². The standard InChI is InChI=1S/C98H124N2O2S4/c1-5-9-13-17-21-25-27-31-35-39-51-73(49-37-33-29-23-19-15-11-7-3)71-99-95(89-67-63-85(105-89)83-61-65-87(103-83)91-79-57-45-41-53-75(79)69-76-54-42-46-58-80(76)91)93-94(97(99)101)96(100(98(93)102)72-74(50-38-34-30-24-20-16-12-8-4)52-40-36-32-28-26-22-18-14-10-6-2)90-68-64-86(106-90)84-62-66-88(104-84)92-81-59-47-43-55-77(81)70-78-56-44-48-60-82(78)92/h41-48,53-70,73-74H,5-40,49-52,71-72H2,1-4H3. The van der Waals surface area contributed by atoms with Crippen molar-refractivity contribution in [2.75, 3.05) is 13.1 Å². The van der Waals surface area contributed by atoms with Crippen molar-refractivity contribution < 1.29 is 9.59 Å². The molecule has 12 rings (SSSR count). The van der Waals surface area contributed by atoms with Crippen molar-refractivity contribution in [3.05, 3.63) is 179 Å². The Morgan fingerprint density at radius 1 is 0.255 bits per heavy atom. The fourth-order valence-corrected chi connectivity index (χ4v) is 21.8. The molecule has 2 aliphatic rings. The van der Waals surface area contributed by atoms with Gasteiger partial charge in [-0.05, 0) is 141 Å². The van der Waals surface area contributed by atoms with Gasteiger partial charge in [0.05, 0.1) is 32.3 Å². The van der Waals surface area contributed by atoms with E-state index in [-0.39, 0.29) is 11.8 Å². The van der Waals surface area contributed by atoms with Crippen molar-refractivity contribution in [1.29, 1.82) is 0 Å². The summed E-state index contributed by atoms with van der Waals surface area (Å²) in [5.41, 5.74) is 5.58. The number of unbranched alkanes of at least 4 members (excludes halogenated alkanes) is 32. The molecule has 2 aliphatic heterocycles. The molecule has 8 heteroatoms. The first-order valence-electron chi connectivity index (χ1n) is 42.7. The second-order valence-corrected chi connectivity index (χ2v) is 35.9. The zero-order valence-corrected chi connectivity index (χ0v) is 68.5. The van der Waals surface area contributed by atoms with Crippen LogP contribution < -0.4 is 0 Å². The number of rotatable bonds is 50. The van der Waals surface area contributed by atoms with Gasteiger partial charge in [0.15, 0.2) is 0 Å². The van der Waals surface area contributed by atoms with Gasteiger partial charge in [-0.2, -0.15) is 0 Å². The van der Waals surface area contributed by atoms with Crippen LogP contribution in [0.5, 0.6) is 0 Å². The normalized spacial score (nSPS) is 14.0. The second-order valence-electron chi connectivity index (χ2n) is 31.5. The summed E-state index contributed by atoms with van der Waals surface area (Å²) in [6, 6.07) is 58.4. The maximum absolute atomic E-state index is 16.8. The molecule has 0 N–H and O–H groups in total. The summed E-state index contributed by atoms with van der Waals surface area (Å²) in [6.45, 7) is 10.5. The number of benzene rings is 6. The molecule has 0 saturated heterocycles. The molecule has 2 amide bonds. The van der Waals surface area contributed by atoms with Crippen molar-refractivity contribution in [2.45, 2.75) is 285 Å². The highest BCUT2D eigenvalue weighted by Gasteiger charge is 2.50. The lowest BCUT2D eigenvalue weighted by atomic mass is 9.93. The van der Waals surface area contributed by atoms with Gasteiger partial charge in [-0.1, -0.05) is 356 Å². The summed E-state index contributed by atoms with van der Waals surface area (Å²) in [4.78, 5) is 47.2. The highest BCUT2D eigenvalue weighted by Crippen LogP contribution is 2.53. The van der Waals surface area contributed by atoms with Crippen LogP contribution in [0.4, 0.5) is 0 Å². The van der Waals surface area contributed by atoms with Gasteiger partial charge in [-0.15, -0.1) is 45.3 Å². The highest BCUT2D eigenvalue weighted by molar-refractivity contribution is 7.25. The first-order chi connectivity index (χ1) is 52.3. The third-order valence-corrected chi connectivity index (χ3v) is 28.1. The van der Waals surface area contributed by atoms with E-state index in [4.69, 9.17) is 0 Å². The Hall–Kier alpha value is -6.42. The molecule has 0 bridgehead atoms. The predicted octanol–water partition coefficient (Wildman–Crippen LogP) is 31.9. The molecule has 0 aliphatic carbocycles. The Labute approximate surface area is 654 Å². The molecule has 6 heterocycles. The summed E-state index contributed by atoms with van der Waals surface area (Å²) in [5.74, 6) is 0.716. The maximum Gasteiger partial charge on any atom is 0.261 e. The second kappa shape index (κ2) is 42.0. The summed E-state index contributed by atoms with van der Waals surface area (Å²) in [6.07, 6.45) is 51.1. The van der Waals surface area contributed by atoms with Crippen molar-refractivity contribution in [3.8, 4) is 40.4 Å². The van der Waals surface area contributed by atoms with Crippen LogP contribution in [0.1, 0.15) is 294 Å². The van der Waals surface area contributed by atoms with Crippen molar-refractivity contribution in [3.63, 3.8) is 0 Å². The average molecular weight is 1490 g/mol. The Morgan fingerprint density at radius 3 is 0.736 bits per heavy atom. The monoisotopic (exact) mass is 1490 g/mol. The molecule has 0 fully saturated rings. The topological polar surface area (TPSA) is 40.6 Å². The minimum atomic E-state index is 0.0292. The van der Waals surface area contributed by atoms with Crippen LogP contribution >= 0.6 is 45.3 Å². The van der Waals surface area contributed by atoms with E-state index in [1.54, 1.807) is 22.7 Å². The lowest BCUT2D eigenvalue weighted by Gasteiger charge is -2.29. The van der Waals surface area contributed by atoms with Gasteiger partial charge in [0, 0.05) is 53.5 Å². The first-order valence-corrected chi connectivity index (χ1v) is 46.0. The maximum atomic E-state index is 16.8. The van der Waals surface area contributed by atoms with Crippen LogP contribution in [0.3, 0.4) is 0 Å². The van der Waals surface area contributed by atoms with E-state index in [9.17, 15) is 0 Å². The van der Waals surface area contributed by atoms with Crippen LogP contribution in [0.25, 0.3) is 94.9 Å². The fraction of sp³-hybridized carbons (Fsp3) is 0.490. The molecule has 106 heavy (non-hydrogen) atoms. The molecule has 4 aromatic heterocycles. The van der Waals surface area contributed by atoms with E-state index < -0.39 is 0 Å². The van der Waals surface area contributed by atoms with E-state index in [1.165, 1.54) is 315 Å². The molecule has 6 aromatic carbocycles. The third-order valence-electron chi connectivity index (χ3n) is 23.3. The van der Waals surface area contributed by atoms with E-state index in [0.29, 0.717) is 36.1 Å². The number of nitrogens with zero attached hydrogens (tertiary/aromatic N) is 2. The summed E-state index contributed by atoms with van der Waals surface area (Å²) < 4.78 is 0. The van der Waals surface area contributed by atoms with Crippen LogP contribution in [-0.4, -0.2) is 34.7 Å². The smallest absolute Gasteiger partial charge is 0.261 e.